The zero-order chi connectivity index (χ0) is 21.7. The molecule has 0 aliphatic rings. The molecule has 156 valence electrons. The van der Waals surface area contributed by atoms with Crippen LogP contribution in [0.2, 0.25) is 5.02 Å². The third-order valence-electron chi connectivity index (χ3n) is 3.85. The lowest BCUT2D eigenvalue weighted by Gasteiger charge is -2.11. The number of esters is 1. The van der Waals surface area contributed by atoms with Crippen LogP contribution < -0.4 is 4.83 Å². The number of sulfonamides is 1. The van der Waals surface area contributed by atoms with Crippen LogP contribution in [0.25, 0.3) is 11.3 Å². The van der Waals surface area contributed by atoms with Crippen LogP contribution in [0.5, 0.6) is 0 Å². The molecule has 3 rings (SSSR count). The van der Waals surface area contributed by atoms with Crippen molar-refractivity contribution in [3.8, 4) is 11.3 Å². The predicted molar refractivity (Wildman–Crippen MR) is 114 cm³/mol. The fourth-order valence-electron chi connectivity index (χ4n) is 2.55. The van der Waals surface area contributed by atoms with Crippen molar-refractivity contribution >= 4 is 33.8 Å². The molecule has 0 atom stereocenters. The number of carbonyl (C=O) groups is 1. The van der Waals surface area contributed by atoms with Gasteiger partial charge in [0.2, 0.25) is 0 Å². The number of hydrogen-bond acceptors (Lipinski definition) is 6. The van der Waals surface area contributed by atoms with E-state index in [-0.39, 0.29) is 16.8 Å². The molecule has 2 aromatic carbocycles. The lowest BCUT2D eigenvalue weighted by molar-refractivity contribution is 0.0378. The quantitative estimate of drug-likeness (QED) is 0.328. The van der Waals surface area contributed by atoms with Crippen LogP contribution in [0.3, 0.4) is 0 Å². The Hall–Kier alpha value is -3.10. The summed E-state index contributed by atoms with van der Waals surface area (Å²) in [6, 6.07) is 15.8. The highest BCUT2D eigenvalue weighted by molar-refractivity contribution is 7.89. The molecule has 0 saturated carbocycles. The Morgan fingerprint density at radius 3 is 2.57 bits per heavy atom. The summed E-state index contributed by atoms with van der Waals surface area (Å²) >= 11 is 6.08. The summed E-state index contributed by atoms with van der Waals surface area (Å²) in [4.78, 5) is 14.6. The summed E-state index contributed by atoms with van der Waals surface area (Å²) in [6.45, 7) is 3.51. The number of nitrogens with one attached hydrogen (secondary N) is 1. The Balaban J connectivity index is 1.81. The number of benzene rings is 2. The van der Waals surface area contributed by atoms with Crippen molar-refractivity contribution in [2.24, 2.45) is 5.10 Å². The Kier molecular flexibility index (Phi) is 6.59. The average molecular weight is 447 g/mol. The van der Waals surface area contributed by atoms with Crippen LogP contribution in [0, 0.1) is 0 Å². The molecule has 1 N–H and O–H groups in total. The van der Waals surface area contributed by atoms with Gasteiger partial charge in [-0.05, 0) is 56.3 Å². The minimum atomic E-state index is -3.78. The van der Waals surface area contributed by atoms with Gasteiger partial charge in [-0.15, -0.1) is 0 Å². The number of halogens is 1. The number of hydrazone groups is 1. The topological polar surface area (TPSA) is 98.0 Å². The van der Waals surface area contributed by atoms with Gasteiger partial charge >= 0.3 is 5.97 Å². The van der Waals surface area contributed by atoms with E-state index in [1.165, 1.54) is 18.3 Å². The number of hydrogen-bond donors (Lipinski definition) is 1. The third-order valence-corrected chi connectivity index (χ3v) is 5.33. The number of ether oxygens (including phenoxy) is 1. The molecule has 0 fully saturated rings. The molecular weight excluding hydrogens is 428 g/mol. The third kappa shape index (κ3) is 5.28. The molecule has 1 aromatic heterocycles. The highest BCUT2D eigenvalue weighted by Gasteiger charge is 2.18. The van der Waals surface area contributed by atoms with E-state index in [9.17, 15) is 13.2 Å². The minimum absolute atomic E-state index is 0.0921. The minimum Gasteiger partial charge on any atom is -0.459 e. The van der Waals surface area contributed by atoms with Crippen molar-refractivity contribution in [1.82, 2.24) is 4.83 Å². The van der Waals surface area contributed by atoms with Crippen LogP contribution in [0.1, 0.15) is 30.0 Å². The molecule has 1 heterocycles. The van der Waals surface area contributed by atoms with Crippen molar-refractivity contribution in [3.63, 3.8) is 0 Å². The van der Waals surface area contributed by atoms with Gasteiger partial charge in [0, 0.05) is 10.6 Å². The monoisotopic (exact) mass is 446 g/mol. The van der Waals surface area contributed by atoms with Gasteiger partial charge in [0.15, 0.2) is 0 Å². The maximum absolute atomic E-state index is 12.4. The van der Waals surface area contributed by atoms with Gasteiger partial charge in [0.25, 0.3) is 10.0 Å². The number of nitrogens with zero attached hydrogens (tertiary/aromatic N) is 1. The van der Waals surface area contributed by atoms with Crippen molar-refractivity contribution in [2.75, 3.05) is 0 Å². The van der Waals surface area contributed by atoms with Crippen molar-refractivity contribution < 1.29 is 22.4 Å². The molecule has 0 amide bonds. The van der Waals surface area contributed by atoms with Crippen LogP contribution in [0.4, 0.5) is 0 Å². The number of rotatable bonds is 7. The van der Waals surface area contributed by atoms with Crippen LogP contribution in [-0.2, 0) is 14.8 Å². The van der Waals surface area contributed by atoms with Gasteiger partial charge in [-0.3, -0.25) is 0 Å². The normalized spacial score (nSPS) is 11.7. The van der Waals surface area contributed by atoms with Crippen LogP contribution >= 0.6 is 11.6 Å². The summed E-state index contributed by atoms with van der Waals surface area (Å²) in [5.41, 5.74) is 0.758. The second-order valence-electron chi connectivity index (χ2n) is 6.51. The molecule has 0 spiro atoms. The zero-order valence-electron chi connectivity index (χ0n) is 16.2. The van der Waals surface area contributed by atoms with E-state index in [0.29, 0.717) is 21.9 Å². The van der Waals surface area contributed by atoms with E-state index in [0.717, 1.165) is 0 Å². The van der Waals surface area contributed by atoms with Crippen LogP contribution in [0.15, 0.2) is 75.1 Å². The second kappa shape index (κ2) is 9.15. The Morgan fingerprint density at radius 2 is 1.87 bits per heavy atom. The molecular formula is C21H19ClN2O5S. The van der Waals surface area contributed by atoms with Crippen molar-refractivity contribution in [1.29, 1.82) is 0 Å². The SMILES string of the molecule is CC(C)OC(=O)c1ccc(Cl)cc1-c1ccc(/C=N\NS(=O)(=O)c2ccccc2)o1. The highest BCUT2D eigenvalue weighted by Crippen LogP contribution is 2.29. The van der Waals surface area contributed by atoms with Gasteiger partial charge in [-0.25, -0.2) is 4.79 Å². The molecule has 3 aromatic rings. The standard InChI is InChI=1S/C21H19ClN2O5S/c1-14(2)28-21(25)18-10-8-15(22)12-19(18)20-11-9-16(29-20)13-23-24-30(26,27)17-6-4-3-5-7-17/h3-14,24H,1-2H3/b23-13-. The van der Waals surface area contributed by atoms with E-state index in [1.807, 2.05) is 0 Å². The smallest absolute Gasteiger partial charge is 0.339 e. The summed E-state index contributed by atoms with van der Waals surface area (Å²) < 4.78 is 35.3. The second-order valence-corrected chi connectivity index (χ2v) is 8.61. The molecule has 0 saturated heterocycles. The van der Waals surface area contributed by atoms with Crippen molar-refractivity contribution in [3.05, 3.63) is 77.0 Å². The van der Waals surface area contributed by atoms with E-state index in [2.05, 4.69) is 9.93 Å². The molecule has 7 nitrogen and oxygen atoms in total. The van der Waals surface area contributed by atoms with Crippen molar-refractivity contribution in [2.45, 2.75) is 24.8 Å². The molecule has 0 aliphatic carbocycles. The molecule has 30 heavy (non-hydrogen) atoms. The fraction of sp³-hybridized carbons (Fsp3) is 0.143. The first-order valence-corrected chi connectivity index (χ1v) is 10.8. The maximum Gasteiger partial charge on any atom is 0.339 e. The molecule has 9 heteroatoms. The molecule has 0 radical (unpaired) electrons. The number of carbonyl (C=O) groups excluding carboxylic acids is 1. The molecule has 0 aliphatic heterocycles. The molecule has 0 unspecified atom stereocenters. The Labute approximate surface area is 179 Å². The maximum atomic E-state index is 12.4. The van der Waals surface area contributed by atoms with Gasteiger partial charge in [-0.1, -0.05) is 29.8 Å². The van der Waals surface area contributed by atoms with Gasteiger partial charge < -0.3 is 9.15 Å². The van der Waals surface area contributed by atoms with Gasteiger partial charge in [0.05, 0.1) is 22.8 Å². The Morgan fingerprint density at radius 1 is 1.13 bits per heavy atom. The van der Waals surface area contributed by atoms with Crippen LogP contribution in [-0.4, -0.2) is 26.7 Å². The summed E-state index contributed by atoms with van der Waals surface area (Å²) in [7, 11) is -3.78. The van der Waals surface area contributed by atoms with E-state index in [1.54, 1.807) is 62.4 Å². The Bertz CT molecular complexity index is 1170. The summed E-state index contributed by atoms with van der Waals surface area (Å²) in [5.74, 6) is 0.142. The van der Waals surface area contributed by atoms with Gasteiger partial charge in [0.1, 0.15) is 11.5 Å². The summed E-state index contributed by atoms with van der Waals surface area (Å²) in [5, 5.41) is 4.16. The largest absolute Gasteiger partial charge is 0.459 e. The summed E-state index contributed by atoms with van der Waals surface area (Å²) in [6.07, 6.45) is 0.943. The molecule has 0 bridgehead atoms. The van der Waals surface area contributed by atoms with Gasteiger partial charge in [-0.2, -0.15) is 18.4 Å². The first kappa shape index (κ1) is 21.6. The fourth-order valence-corrected chi connectivity index (χ4v) is 3.54. The highest BCUT2D eigenvalue weighted by atomic mass is 35.5. The van der Waals surface area contributed by atoms with E-state index in [4.69, 9.17) is 20.8 Å². The predicted octanol–water partition coefficient (Wildman–Crippen LogP) is 4.48. The van der Waals surface area contributed by atoms with E-state index < -0.39 is 16.0 Å². The first-order chi connectivity index (χ1) is 14.3. The van der Waals surface area contributed by atoms with E-state index >= 15 is 0 Å². The number of furan rings is 1. The lowest BCUT2D eigenvalue weighted by atomic mass is 10.1. The zero-order valence-corrected chi connectivity index (χ0v) is 17.8. The first-order valence-electron chi connectivity index (χ1n) is 8.97. The lowest BCUT2D eigenvalue weighted by Crippen LogP contribution is -2.18. The average Bonchev–Trinajstić information content (AvgIpc) is 3.16.